The molecule has 1 atom stereocenters. The van der Waals surface area contributed by atoms with Gasteiger partial charge in [-0.05, 0) is 24.8 Å². The van der Waals surface area contributed by atoms with Gasteiger partial charge in [-0.1, -0.05) is 71.9 Å². The number of amides is 1. The van der Waals surface area contributed by atoms with E-state index in [1.54, 1.807) is 6.92 Å². The zero-order valence-corrected chi connectivity index (χ0v) is 23.2. The summed E-state index contributed by atoms with van der Waals surface area (Å²) in [4.78, 5) is 35.9. The van der Waals surface area contributed by atoms with Crippen molar-refractivity contribution in [3.63, 3.8) is 0 Å². The second-order valence-corrected chi connectivity index (χ2v) is 10.5. The van der Waals surface area contributed by atoms with Gasteiger partial charge in [-0.15, -0.1) is 0 Å². The Kier molecular flexibility index (Phi) is 8.81. The highest BCUT2D eigenvalue weighted by molar-refractivity contribution is 8.16. The number of morpholine rings is 1. The summed E-state index contributed by atoms with van der Waals surface area (Å²) in [6, 6.07) is 17.4. The SMILES string of the molecule is CCOC(=O)C1=C(c2ccccc2)N=C2SC=C(CC(=O)NCCN3CCOCC3)N2[C@@H]1c1cccc(C)c1. The number of nitrogens with zero attached hydrogens (tertiary/aromatic N) is 3. The Balaban J connectivity index is 1.45. The second kappa shape index (κ2) is 12.6. The third-order valence-electron chi connectivity index (χ3n) is 6.91. The van der Waals surface area contributed by atoms with Gasteiger partial charge < -0.3 is 19.7 Å². The Morgan fingerprint density at radius 2 is 1.92 bits per heavy atom. The summed E-state index contributed by atoms with van der Waals surface area (Å²) >= 11 is 1.48. The fourth-order valence-corrected chi connectivity index (χ4v) is 5.97. The first kappa shape index (κ1) is 27.2. The van der Waals surface area contributed by atoms with E-state index in [-0.39, 0.29) is 18.9 Å². The highest BCUT2D eigenvalue weighted by Crippen LogP contribution is 2.47. The third-order valence-corrected chi connectivity index (χ3v) is 7.79. The Morgan fingerprint density at radius 3 is 2.67 bits per heavy atom. The quantitative estimate of drug-likeness (QED) is 0.474. The molecule has 5 rings (SSSR count). The highest BCUT2D eigenvalue weighted by Gasteiger charge is 2.42. The van der Waals surface area contributed by atoms with Crippen molar-refractivity contribution in [2.24, 2.45) is 4.99 Å². The van der Waals surface area contributed by atoms with E-state index in [1.165, 1.54) is 11.8 Å². The molecule has 0 unspecified atom stereocenters. The van der Waals surface area contributed by atoms with Crippen molar-refractivity contribution in [3.8, 4) is 0 Å². The van der Waals surface area contributed by atoms with Gasteiger partial charge >= 0.3 is 5.97 Å². The van der Waals surface area contributed by atoms with Crippen molar-refractivity contribution >= 4 is 34.5 Å². The van der Waals surface area contributed by atoms with Gasteiger partial charge in [0.05, 0.1) is 43.6 Å². The molecule has 0 aromatic heterocycles. The number of thioether (sulfide) groups is 1. The van der Waals surface area contributed by atoms with Gasteiger partial charge in [-0.2, -0.15) is 0 Å². The summed E-state index contributed by atoms with van der Waals surface area (Å²) in [5.74, 6) is -0.466. The van der Waals surface area contributed by atoms with Gasteiger partial charge in [0, 0.05) is 37.4 Å². The molecule has 1 saturated heterocycles. The van der Waals surface area contributed by atoms with Crippen LogP contribution in [0.2, 0.25) is 0 Å². The number of aryl methyl sites for hydroxylation is 1. The zero-order chi connectivity index (χ0) is 27.2. The number of amidine groups is 1. The number of aliphatic imine (C=N–C) groups is 1. The average molecular weight is 547 g/mol. The molecule has 0 radical (unpaired) electrons. The Morgan fingerprint density at radius 1 is 1.13 bits per heavy atom. The summed E-state index contributed by atoms with van der Waals surface area (Å²) in [6.07, 6.45) is 0.189. The van der Waals surface area contributed by atoms with Crippen LogP contribution in [0.15, 0.2) is 76.3 Å². The Labute approximate surface area is 233 Å². The average Bonchev–Trinajstić information content (AvgIpc) is 3.35. The van der Waals surface area contributed by atoms with Crippen LogP contribution in [0.1, 0.15) is 36.1 Å². The summed E-state index contributed by atoms with van der Waals surface area (Å²) in [6.45, 7) is 8.70. The normalized spacial score (nSPS) is 19.3. The largest absolute Gasteiger partial charge is 0.463 e. The van der Waals surface area contributed by atoms with E-state index in [0.29, 0.717) is 17.8 Å². The van der Waals surface area contributed by atoms with Crippen molar-refractivity contribution in [3.05, 3.63) is 88.0 Å². The predicted octanol–water partition coefficient (Wildman–Crippen LogP) is 4.11. The summed E-state index contributed by atoms with van der Waals surface area (Å²) in [7, 11) is 0. The van der Waals surface area contributed by atoms with Gasteiger partial charge in [0.25, 0.3) is 0 Å². The standard InChI is InChI=1S/C30H34N4O4S/c1-3-38-29(36)26-27(22-9-5-4-6-10-22)32-30-34(28(26)23-11-7-8-21(2)18-23)24(20-39-30)19-25(35)31-12-13-33-14-16-37-17-15-33/h4-11,18,20,28H,3,12-17,19H2,1-2H3,(H,31,35)/t28-/m1/s1. The maximum Gasteiger partial charge on any atom is 0.338 e. The van der Waals surface area contributed by atoms with Gasteiger partial charge in [0.1, 0.15) is 0 Å². The van der Waals surface area contributed by atoms with Gasteiger partial charge in [-0.25, -0.2) is 9.79 Å². The molecule has 3 aliphatic rings. The molecular formula is C30H34N4O4S. The van der Waals surface area contributed by atoms with E-state index in [2.05, 4.69) is 16.3 Å². The number of esters is 1. The molecule has 39 heavy (non-hydrogen) atoms. The minimum Gasteiger partial charge on any atom is -0.463 e. The minimum absolute atomic E-state index is 0.0603. The lowest BCUT2D eigenvalue weighted by atomic mass is 9.90. The molecule has 204 valence electrons. The smallest absolute Gasteiger partial charge is 0.338 e. The summed E-state index contributed by atoms with van der Waals surface area (Å²) < 4.78 is 11.0. The maximum absolute atomic E-state index is 13.6. The molecule has 2 aromatic rings. The fourth-order valence-electron chi connectivity index (χ4n) is 5.05. The van der Waals surface area contributed by atoms with Gasteiger partial charge in [-0.3, -0.25) is 9.69 Å². The summed E-state index contributed by atoms with van der Waals surface area (Å²) in [5, 5.41) is 5.78. The van der Waals surface area contributed by atoms with Crippen LogP contribution in [0, 0.1) is 6.92 Å². The summed E-state index contributed by atoms with van der Waals surface area (Å²) in [5.41, 5.74) is 4.75. The number of carbonyl (C=O) groups excluding carboxylic acids is 2. The fraction of sp³-hybridized carbons (Fsp3) is 0.367. The first-order valence-electron chi connectivity index (χ1n) is 13.4. The maximum atomic E-state index is 13.6. The molecule has 0 spiro atoms. The lowest BCUT2D eigenvalue weighted by molar-refractivity contribution is -0.139. The molecule has 3 heterocycles. The monoisotopic (exact) mass is 546 g/mol. The van der Waals surface area contributed by atoms with Crippen molar-refractivity contribution in [1.29, 1.82) is 0 Å². The van der Waals surface area contributed by atoms with E-state index >= 15 is 0 Å². The highest BCUT2D eigenvalue weighted by atomic mass is 32.2. The van der Waals surface area contributed by atoms with Crippen LogP contribution in [-0.2, 0) is 19.1 Å². The number of hydrogen-bond acceptors (Lipinski definition) is 8. The van der Waals surface area contributed by atoms with Crippen LogP contribution in [0.5, 0.6) is 0 Å². The first-order valence-corrected chi connectivity index (χ1v) is 14.3. The topological polar surface area (TPSA) is 83.5 Å². The van der Waals surface area contributed by atoms with Crippen LogP contribution in [0.4, 0.5) is 0 Å². The lowest BCUT2D eigenvalue weighted by Gasteiger charge is -2.37. The van der Waals surface area contributed by atoms with Crippen LogP contribution < -0.4 is 5.32 Å². The molecule has 8 nitrogen and oxygen atoms in total. The van der Waals surface area contributed by atoms with E-state index in [4.69, 9.17) is 14.5 Å². The van der Waals surface area contributed by atoms with Crippen molar-refractivity contribution in [2.75, 3.05) is 46.0 Å². The molecule has 0 aliphatic carbocycles. The molecule has 9 heteroatoms. The molecule has 1 amide bonds. The van der Waals surface area contributed by atoms with Gasteiger partial charge in [0.15, 0.2) is 5.17 Å². The number of rotatable bonds is 9. The van der Waals surface area contributed by atoms with Crippen LogP contribution in [-0.4, -0.2) is 72.8 Å². The molecule has 1 fully saturated rings. The number of ether oxygens (including phenoxy) is 2. The number of hydrogen-bond donors (Lipinski definition) is 1. The number of fused-ring (bicyclic) bond motifs is 1. The molecule has 0 bridgehead atoms. The molecule has 2 aromatic carbocycles. The van der Waals surface area contributed by atoms with Crippen LogP contribution in [0.3, 0.4) is 0 Å². The lowest BCUT2D eigenvalue weighted by Crippen LogP contribution is -2.42. The van der Waals surface area contributed by atoms with E-state index in [1.807, 2.05) is 65.8 Å². The van der Waals surface area contributed by atoms with E-state index < -0.39 is 12.0 Å². The van der Waals surface area contributed by atoms with E-state index in [0.717, 1.165) is 60.4 Å². The first-order chi connectivity index (χ1) is 19.0. The molecule has 3 aliphatic heterocycles. The third kappa shape index (κ3) is 6.27. The van der Waals surface area contributed by atoms with Gasteiger partial charge in [0.2, 0.25) is 5.91 Å². The number of carbonyl (C=O) groups is 2. The zero-order valence-electron chi connectivity index (χ0n) is 22.4. The second-order valence-electron chi connectivity index (χ2n) is 9.64. The Bertz CT molecular complexity index is 1300. The molecule has 0 saturated carbocycles. The molecular weight excluding hydrogens is 512 g/mol. The predicted molar refractivity (Wildman–Crippen MR) is 154 cm³/mol. The van der Waals surface area contributed by atoms with Crippen molar-refractivity contribution < 1.29 is 19.1 Å². The van der Waals surface area contributed by atoms with Crippen molar-refractivity contribution in [2.45, 2.75) is 26.3 Å². The van der Waals surface area contributed by atoms with Crippen LogP contribution >= 0.6 is 11.8 Å². The Hall–Kier alpha value is -3.40. The number of benzene rings is 2. The molecule has 1 N–H and O–H groups in total. The van der Waals surface area contributed by atoms with E-state index in [9.17, 15) is 9.59 Å². The van der Waals surface area contributed by atoms with Crippen molar-refractivity contribution in [1.82, 2.24) is 15.1 Å². The number of nitrogens with one attached hydrogen (secondary N) is 1. The van der Waals surface area contributed by atoms with Crippen LogP contribution in [0.25, 0.3) is 5.70 Å². The minimum atomic E-state index is -0.478.